The number of hydrogen-bond donors (Lipinski definition) is 2. The third-order valence-corrected chi connectivity index (χ3v) is 11.8. The molecule has 0 atom stereocenters. The fraction of sp³-hybridized carbons (Fsp3) is 0.514. The summed E-state index contributed by atoms with van der Waals surface area (Å²) in [6.07, 6.45) is 2.32. The van der Waals surface area contributed by atoms with Crippen LogP contribution in [-0.4, -0.2) is 103 Å². The van der Waals surface area contributed by atoms with E-state index in [1.54, 1.807) is 11.0 Å². The van der Waals surface area contributed by atoms with Crippen LogP contribution in [0, 0.1) is 23.2 Å². The van der Waals surface area contributed by atoms with Crippen LogP contribution in [0.5, 0.6) is 5.75 Å². The molecular weight excluding hydrogens is 645 g/mol. The summed E-state index contributed by atoms with van der Waals surface area (Å²) in [5.41, 5.74) is 10.8. The van der Waals surface area contributed by atoms with Crippen molar-refractivity contribution in [2.75, 3.05) is 74.5 Å². The molecule has 4 aliphatic heterocycles. The van der Waals surface area contributed by atoms with Crippen molar-refractivity contribution in [3.63, 3.8) is 0 Å². The highest BCUT2D eigenvalue weighted by Gasteiger charge is 2.56. The number of aryl methyl sites for hydroxylation is 1. The summed E-state index contributed by atoms with van der Waals surface area (Å²) >= 11 is 0. The van der Waals surface area contributed by atoms with Crippen LogP contribution in [-0.2, 0) is 4.79 Å². The normalized spacial score (nSPS) is 22.2. The number of benzene rings is 2. The first-order chi connectivity index (χ1) is 23.9. The second-order valence-corrected chi connectivity index (χ2v) is 15.7. The van der Waals surface area contributed by atoms with Gasteiger partial charge in [0.2, 0.25) is 11.9 Å². The largest absolute Gasteiger partial charge is 0.481 e. The maximum absolute atomic E-state index is 14.0. The van der Waals surface area contributed by atoms with Crippen LogP contribution >= 0.6 is 0 Å². The fourth-order valence-corrected chi connectivity index (χ4v) is 8.69. The molecule has 0 bridgehead atoms. The summed E-state index contributed by atoms with van der Waals surface area (Å²) in [6.45, 7) is 10.4. The van der Waals surface area contributed by atoms with Crippen LogP contribution < -0.4 is 20.3 Å². The number of halogens is 3. The SMILES string of the molecule is C=CC(=O)N1CC2(C1)CN(c1nc(N3CC(N4CC5(CC5)C4)C3)nc3c(OCC(F)(F)F)c(-c4c(C)ccc(N)c4C=N)c(C4CC4)cc13)C2. The van der Waals surface area contributed by atoms with E-state index in [2.05, 4.69) is 21.3 Å². The molecule has 2 saturated carbocycles. The molecule has 2 spiro atoms. The molecule has 0 radical (unpaired) electrons. The zero-order valence-electron chi connectivity index (χ0n) is 28.2. The first-order valence-corrected chi connectivity index (χ1v) is 17.5. The zero-order chi connectivity index (χ0) is 34.7. The van der Waals surface area contributed by atoms with Crippen LogP contribution in [0.3, 0.4) is 0 Å². The second-order valence-electron chi connectivity index (χ2n) is 15.7. The average Bonchev–Trinajstić information content (AvgIpc) is 3.92. The number of aromatic nitrogens is 2. The Kier molecular flexibility index (Phi) is 6.82. The first kappa shape index (κ1) is 31.6. The van der Waals surface area contributed by atoms with E-state index in [0.717, 1.165) is 50.1 Å². The van der Waals surface area contributed by atoms with Gasteiger partial charge in [-0.3, -0.25) is 9.69 Å². The number of alkyl halides is 3. The van der Waals surface area contributed by atoms with Crippen LogP contribution in [0.2, 0.25) is 0 Å². The molecule has 10 nitrogen and oxygen atoms in total. The lowest BCUT2D eigenvalue weighted by molar-refractivity contribution is -0.153. The van der Waals surface area contributed by atoms with Crippen molar-refractivity contribution in [1.82, 2.24) is 19.8 Å². The van der Waals surface area contributed by atoms with Crippen LogP contribution in [0.1, 0.15) is 48.3 Å². The minimum atomic E-state index is -4.59. The number of nitrogens with one attached hydrogen (secondary N) is 1. The number of carbonyl (C=O) groups excluding carboxylic acids is 1. The Morgan fingerprint density at radius 1 is 1.06 bits per heavy atom. The van der Waals surface area contributed by atoms with E-state index in [1.807, 2.05) is 19.1 Å². The van der Waals surface area contributed by atoms with Gasteiger partial charge in [0.25, 0.3) is 0 Å². The van der Waals surface area contributed by atoms with Crippen LogP contribution in [0.15, 0.2) is 30.9 Å². The van der Waals surface area contributed by atoms with Gasteiger partial charge in [-0.25, -0.2) is 4.98 Å². The van der Waals surface area contributed by atoms with Crippen LogP contribution in [0.4, 0.5) is 30.6 Å². The molecule has 6 aliphatic rings. The van der Waals surface area contributed by atoms with Crippen molar-refractivity contribution in [3.05, 3.63) is 47.5 Å². The lowest BCUT2D eigenvalue weighted by Gasteiger charge is -2.60. The van der Waals surface area contributed by atoms with Gasteiger partial charge in [-0.15, -0.1) is 0 Å². The lowest BCUT2D eigenvalue weighted by Crippen LogP contribution is -2.73. The van der Waals surface area contributed by atoms with E-state index in [4.69, 9.17) is 25.8 Å². The van der Waals surface area contributed by atoms with E-state index in [1.165, 1.54) is 25.1 Å². The highest BCUT2D eigenvalue weighted by Crippen LogP contribution is 2.55. The highest BCUT2D eigenvalue weighted by atomic mass is 19.4. The molecule has 50 heavy (non-hydrogen) atoms. The number of nitrogens with two attached hydrogens (primary N) is 1. The molecule has 1 aromatic heterocycles. The van der Waals surface area contributed by atoms with E-state index in [0.29, 0.717) is 82.7 Å². The van der Waals surface area contributed by atoms with Gasteiger partial charge < -0.3 is 30.6 Å². The van der Waals surface area contributed by atoms with Gasteiger partial charge >= 0.3 is 6.18 Å². The molecular formula is C37H41F3N8O2. The Balaban J connectivity index is 1.18. The maximum atomic E-state index is 14.0. The Hall–Kier alpha value is -4.39. The highest BCUT2D eigenvalue weighted by molar-refractivity contribution is 6.05. The van der Waals surface area contributed by atoms with E-state index in [9.17, 15) is 18.0 Å². The zero-order valence-corrected chi connectivity index (χ0v) is 28.2. The third kappa shape index (κ3) is 5.10. The summed E-state index contributed by atoms with van der Waals surface area (Å²) in [7, 11) is 0. The van der Waals surface area contributed by atoms with Gasteiger partial charge in [-0.05, 0) is 78.8 Å². The molecule has 262 valence electrons. The van der Waals surface area contributed by atoms with Gasteiger partial charge in [0, 0.05) is 92.2 Å². The Bertz CT molecular complexity index is 1940. The lowest BCUT2D eigenvalue weighted by atomic mass is 9.72. The Morgan fingerprint density at radius 3 is 2.40 bits per heavy atom. The molecule has 3 aromatic rings. The number of nitrogens with zero attached hydrogens (tertiary/aromatic N) is 6. The molecule has 9 rings (SSSR count). The molecule has 5 heterocycles. The number of nitrogen functional groups attached to an aromatic ring is 1. The minimum Gasteiger partial charge on any atom is -0.481 e. The molecule has 13 heteroatoms. The van der Waals surface area contributed by atoms with Gasteiger partial charge in [-0.1, -0.05) is 12.6 Å². The predicted octanol–water partition coefficient (Wildman–Crippen LogP) is 5.12. The Morgan fingerprint density at radius 2 is 1.78 bits per heavy atom. The summed E-state index contributed by atoms with van der Waals surface area (Å²) in [4.78, 5) is 31.0. The van der Waals surface area contributed by atoms with Gasteiger partial charge in [0.05, 0.1) is 0 Å². The molecule has 1 amide bonds. The van der Waals surface area contributed by atoms with E-state index >= 15 is 0 Å². The Labute approximate surface area is 288 Å². The predicted molar refractivity (Wildman–Crippen MR) is 186 cm³/mol. The van der Waals surface area contributed by atoms with E-state index in [-0.39, 0.29) is 23.0 Å². The maximum Gasteiger partial charge on any atom is 0.422 e. The monoisotopic (exact) mass is 686 g/mol. The smallest absolute Gasteiger partial charge is 0.422 e. The third-order valence-electron chi connectivity index (χ3n) is 11.8. The molecule has 0 unspecified atom stereocenters. The molecule has 4 saturated heterocycles. The van der Waals surface area contributed by atoms with Crippen LogP contribution in [0.25, 0.3) is 22.0 Å². The van der Waals surface area contributed by atoms with E-state index < -0.39 is 12.8 Å². The number of amides is 1. The molecule has 3 N–H and O–H groups in total. The first-order valence-electron chi connectivity index (χ1n) is 17.5. The fourth-order valence-electron chi connectivity index (χ4n) is 8.69. The van der Waals surface area contributed by atoms with Gasteiger partial charge in [0.15, 0.2) is 12.4 Å². The second kappa shape index (κ2) is 10.8. The topological polar surface area (TPSA) is 115 Å². The van der Waals surface area contributed by atoms with Gasteiger partial charge in [-0.2, -0.15) is 18.2 Å². The summed E-state index contributed by atoms with van der Waals surface area (Å²) in [6, 6.07) is 6.01. The molecule has 2 aromatic carbocycles. The average molecular weight is 687 g/mol. The summed E-state index contributed by atoms with van der Waals surface area (Å²) in [5, 5.41) is 8.91. The van der Waals surface area contributed by atoms with Gasteiger partial charge in [0.1, 0.15) is 11.3 Å². The quantitative estimate of drug-likeness (QED) is 0.181. The number of hydrogen-bond acceptors (Lipinski definition) is 9. The number of ether oxygens (including phenoxy) is 1. The number of fused-ring (bicyclic) bond motifs is 1. The molecule has 6 fully saturated rings. The minimum absolute atomic E-state index is 0.0549. The summed E-state index contributed by atoms with van der Waals surface area (Å²) < 4.78 is 47.8. The standard InChI is InChI=1S/C37H41F3N8O2/c1-3-28(49)47-16-36(17-47)18-48(19-36)33-25-10-24(22-5-6-22)30(29-21(2)4-7-27(42)26(29)11-41)32(50-20-37(38,39)40)31(25)43-34(44-33)45-12-23(13-45)46-14-35(15-46)8-9-35/h3-4,7,10-11,22-23,41H,1,5-6,8-9,12-20,42H2,2H3. The number of rotatable bonds is 9. The number of carbonyl (C=O) groups is 1. The molecule has 2 aliphatic carbocycles. The van der Waals surface area contributed by atoms with Crippen molar-refractivity contribution in [2.24, 2.45) is 10.8 Å². The van der Waals surface area contributed by atoms with Crippen molar-refractivity contribution >= 4 is 40.5 Å². The van der Waals surface area contributed by atoms with Crippen molar-refractivity contribution in [3.8, 4) is 16.9 Å². The summed E-state index contributed by atoms with van der Waals surface area (Å²) in [5.74, 6) is 1.24. The van der Waals surface area contributed by atoms with Crippen molar-refractivity contribution in [1.29, 1.82) is 5.41 Å². The van der Waals surface area contributed by atoms with Crippen molar-refractivity contribution in [2.45, 2.75) is 50.7 Å². The number of anilines is 3. The number of likely N-dealkylation sites (tertiary alicyclic amines) is 2. The van der Waals surface area contributed by atoms with Crippen molar-refractivity contribution < 1.29 is 22.7 Å².